The van der Waals surface area contributed by atoms with Crippen LogP contribution < -0.4 is 0 Å². The van der Waals surface area contributed by atoms with Gasteiger partial charge in [-0.25, -0.2) is 0 Å². The molecule has 1 heterocycles. The number of benzene rings is 1. The Morgan fingerprint density at radius 2 is 1.76 bits per heavy atom. The number of rotatable bonds is 5. The number of aromatic nitrogens is 1. The van der Waals surface area contributed by atoms with E-state index in [1.165, 1.54) is 5.56 Å². The highest BCUT2D eigenvalue weighted by Gasteiger charge is 2.37. The second-order valence-electron chi connectivity index (χ2n) is 4.99. The van der Waals surface area contributed by atoms with E-state index in [0.717, 1.165) is 24.8 Å². The molecule has 0 spiro atoms. The van der Waals surface area contributed by atoms with Crippen LogP contribution in [0.1, 0.15) is 42.7 Å². The van der Waals surface area contributed by atoms with Crippen molar-refractivity contribution in [1.29, 1.82) is 0 Å². The predicted octanol–water partition coefficient (Wildman–Crippen LogP) is 5.73. The van der Waals surface area contributed by atoms with Gasteiger partial charge in [-0.2, -0.15) is 17.5 Å². The third-order valence-corrected chi connectivity index (χ3v) is 4.40. The van der Waals surface area contributed by atoms with Crippen LogP contribution in [-0.2, 0) is 19.0 Å². The molecule has 0 aliphatic carbocycles. The minimum absolute atomic E-state index is 0.346. The standard InChI is InChI=1S/C16H18F3NS/c1-3-5-6-13-14(20-21-15(13)16(17,18)19)12-9-7-11(4-2)8-10-12/h7-10H,3-6H2,1-2H3. The lowest BCUT2D eigenvalue weighted by Crippen LogP contribution is -2.06. The van der Waals surface area contributed by atoms with Gasteiger partial charge in [0.25, 0.3) is 0 Å². The summed E-state index contributed by atoms with van der Waals surface area (Å²) >= 11 is 0.563. The molecule has 0 amide bonds. The van der Waals surface area contributed by atoms with E-state index in [9.17, 15) is 13.2 Å². The van der Waals surface area contributed by atoms with Crippen molar-refractivity contribution in [3.8, 4) is 11.3 Å². The maximum Gasteiger partial charge on any atom is 0.427 e. The number of unbranched alkanes of at least 4 members (excludes halogenated alkanes) is 1. The Hall–Kier alpha value is -1.36. The molecule has 0 saturated heterocycles. The predicted molar refractivity (Wildman–Crippen MR) is 80.5 cm³/mol. The summed E-state index contributed by atoms with van der Waals surface area (Å²) < 4.78 is 43.4. The van der Waals surface area contributed by atoms with Gasteiger partial charge in [0.05, 0.1) is 5.69 Å². The minimum atomic E-state index is -4.32. The summed E-state index contributed by atoms with van der Waals surface area (Å²) in [5.41, 5.74) is 2.77. The van der Waals surface area contributed by atoms with Crippen molar-refractivity contribution in [2.75, 3.05) is 0 Å². The Bertz CT molecular complexity index is 585. The van der Waals surface area contributed by atoms with Crippen LogP contribution >= 0.6 is 11.5 Å². The van der Waals surface area contributed by atoms with Crippen LogP contribution in [0.25, 0.3) is 11.3 Å². The zero-order valence-electron chi connectivity index (χ0n) is 12.1. The van der Waals surface area contributed by atoms with Gasteiger partial charge in [0.2, 0.25) is 0 Å². The Morgan fingerprint density at radius 1 is 1.10 bits per heavy atom. The van der Waals surface area contributed by atoms with E-state index >= 15 is 0 Å². The Balaban J connectivity index is 2.44. The average Bonchev–Trinajstić information content (AvgIpc) is 2.89. The Kier molecular flexibility index (Phi) is 5.04. The first-order valence-corrected chi connectivity index (χ1v) is 7.89. The first-order valence-electron chi connectivity index (χ1n) is 7.12. The van der Waals surface area contributed by atoms with E-state index in [1.54, 1.807) is 0 Å². The quantitative estimate of drug-likeness (QED) is 0.686. The Labute approximate surface area is 127 Å². The molecule has 1 aromatic heterocycles. The summed E-state index contributed by atoms with van der Waals surface area (Å²) in [4.78, 5) is -0.550. The highest BCUT2D eigenvalue weighted by Crippen LogP contribution is 2.40. The molecule has 0 aliphatic rings. The van der Waals surface area contributed by atoms with Gasteiger partial charge < -0.3 is 0 Å². The minimum Gasteiger partial charge on any atom is -0.192 e. The molecular formula is C16H18F3NS. The fraction of sp³-hybridized carbons (Fsp3) is 0.438. The highest BCUT2D eigenvalue weighted by atomic mass is 32.1. The lowest BCUT2D eigenvalue weighted by atomic mass is 10.00. The molecule has 21 heavy (non-hydrogen) atoms. The first-order chi connectivity index (χ1) is 9.97. The van der Waals surface area contributed by atoms with Crippen LogP contribution in [0.15, 0.2) is 24.3 Å². The number of hydrogen-bond donors (Lipinski definition) is 0. The lowest BCUT2D eigenvalue weighted by molar-refractivity contribution is -0.134. The topological polar surface area (TPSA) is 12.9 Å². The molecule has 114 valence electrons. The normalized spacial score (nSPS) is 11.9. The third-order valence-electron chi connectivity index (χ3n) is 3.46. The zero-order chi connectivity index (χ0) is 15.5. The van der Waals surface area contributed by atoms with E-state index in [4.69, 9.17) is 0 Å². The van der Waals surface area contributed by atoms with Crippen molar-refractivity contribution in [2.24, 2.45) is 0 Å². The maximum absolute atomic E-state index is 13.1. The van der Waals surface area contributed by atoms with Crippen LogP contribution in [0.2, 0.25) is 0 Å². The zero-order valence-corrected chi connectivity index (χ0v) is 12.9. The molecule has 0 radical (unpaired) electrons. The largest absolute Gasteiger partial charge is 0.427 e. The molecule has 2 aromatic rings. The number of nitrogens with zero attached hydrogens (tertiary/aromatic N) is 1. The SMILES string of the molecule is CCCCc1c(-c2ccc(CC)cc2)nsc1C(F)(F)F. The number of halogens is 3. The summed E-state index contributed by atoms with van der Waals surface area (Å²) in [6.45, 7) is 4.02. The van der Waals surface area contributed by atoms with Gasteiger partial charge in [0, 0.05) is 11.1 Å². The number of alkyl halides is 3. The molecule has 0 bridgehead atoms. The van der Waals surface area contributed by atoms with Crippen molar-refractivity contribution in [1.82, 2.24) is 4.37 Å². The van der Waals surface area contributed by atoms with Crippen LogP contribution in [0, 0.1) is 0 Å². The fourth-order valence-electron chi connectivity index (χ4n) is 2.24. The van der Waals surface area contributed by atoms with Crippen LogP contribution in [0.4, 0.5) is 13.2 Å². The van der Waals surface area contributed by atoms with Gasteiger partial charge in [0.15, 0.2) is 0 Å². The number of aryl methyl sites for hydroxylation is 1. The van der Waals surface area contributed by atoms with E-state index in [2.05, 4.69) is 4.37 Å². The molecule has 0 unspecified atom stereocenters. The molecule has 0 N–H and O–H groups in total. The van der Waals surface area contributed by atoms with Gasteiger partial charge in [-0.15, -0.1) is 0 Å². The van der Waals surface area contributed by atoms with E-state index in [1.807, 2.05) is 38.1 Å². The molecule has 0 fully saturated rings. The molecule has 0 aliphatic heterocycles. The maximum atomic E-state index is 13.1. The summed E-state index contributed by atoms with van der Waals surface area (Å²) in [7, 11) is 0. The second kappa shape index (κ2) is 6.60. The smallest absolute Gasteiger partial charge is 0.192 e. The second-order valence-corrected chi connectivity index (χ2v) is 5.76. The van der Waals surface area contributed by atoms with Crippen molar-refractivity contribution >= 4 is 11.5 Å². The molecular weight excluding hydrogens is 295 g/mol. The molecule has 1 nitrogen and oxygen atoms in total. The molecule has 2 rings (SSSR count). The van der Waals surface area contributed by atoms with Crippen molar-refractivity contribution in [3.63, 3.8) is 0 Å². The fourth-order valence-corrected chi connectivity index (χ4v) is 3.05. The summed E-state index contributed by atoms with van der Waals surface area (Å²) in [5.74, 6) is 0. The van der Waals surface area contributed by atoms with Crippen molar-refractivity contribution in [2.45, 2.75) is 45.7 Å². The van der Waals surface area contributed by atoms with Crippen LogP contribution in [0.5, 0.6) is 0 Å². The van der Waals surface area contributed by atoms with E-state index in [0.29, 0.717) is 29.2 Å². The monoisotopic (exact) mass is 313 g/mol. The molecule has 5 heteroatoms. The molecule has 1 aromatic carbocycles. The van der Waals surface area contributed by atoms with Gasteiger partial charge in [-0.1, -0.05) is 44.5 Å². The van der Waals surface area contributed by atoms with Crippen LogP contribution in [-0.4, -0.2) is 4.37 Å². The average molecular weight is 313 g/mol. The van der Waals surface area contributed by atoms with Crippen LogP contribution in [0.3, 0.4) is 0 Å². The summed E-state index contributed by atoms with van der Waals surface area (Å²) in [5, 5.41) is 0. The van der Waals surface area contributed by atoms with E-state index < -0.39 is 11.1 Å². The van der Waals surface area contributed by atoms with Gasteiger partial charge in [-0.05, 0) is 36.4 Å². The number of hydrogen-bond acceptors (Lipinski definition) is 2. The van der Waals surface area contributed by atoms with Gasteiger partial charge >= 0.3 is 6.18 Å². The highest BCUT2D eigenvalue weighted by molar-refractivity contribution is 7.06. The van der Waals surface area contributed by atoms with Crippen molar-refractivity contribution < 1.29 is 13.2 Å². The Morgan fingerprint density at radius 3 is 2.29 bits per heavy atom. The molecule has 0 saturated carbocycles. The first kappa shape index (κ1) is 16.0. The van der Waals surface area contributed by atoms with Gasteiger partial charge in [0.1, 0.15) is 4.88 Å². The van der Waals surface area contributed by atoms with Gasteiger partial charge in [-0.3, -0.25) is 0 Å². The third kappa shape index (κ3) is 3.64. The van der Waals surface area contributed by atoms with Crippen molar-refractivity contribution in [3.05, 3.63) is 40.3 Å². The summed E-state index contributed by atoms with van der Waals surface area (Å²) in [6.07, 6.45) is -1.38. The van der Waals surface area contributed by atoms with E-state index in [-0.39, 0.29) is 0 Å². The summed E-state index contributed by atoms with van der Waals surface area (Å²) in [6, 6.07) is 7.63. The lowest BCUT2D eigenvalue weighted by Gasteiger charge is -2.09. The molecule has 0 atom stereocenters.